The minimum atomic E-state index is -0.523. The van der Waals surface area contributed by atoms with Crippen LogP contribution in [0.25, 0.3) is 22.6 Å². The molecule has 0 aliphatic heterocycles. The normalized spacial score (nSPS) is 11.1. The zero-order valence-corrected chi connectivity index (χ0v) is 17.9. The van der Waals surface area contributed by atoms with Crippen LogP contribution in [0.1, 0.15) is 5.56 Å². The maximum absolute atomic E-state index is 12.8. The van der Waals surface area contributed by atoms with Crippen LogP contribution in [0.3, 0.4) is 0 Å². The largest absolute Gasteiger partial charge is 0.461 e. The van der Waals surface area contributed by atoms with Gasteiger partial charge in [0.2, 0.25) is 5.91 Å². The lowest BCUT2D eigenvalue weighted by Crippen LogP contribution is -2.37. The Morgan fingerprint density at radius 3 is 2.52 bits per heavy atom. The predicted octanol–water partition coefficient (Wildman–Crippen LogP) is 2.33. The topological polar surface area (TPSA) is 112 Å². The van der Waals surface area contributed by atoms with E-state index in [4.69, 9.17) is 4.42 Å². The Bertz CT molecular complexity index is 1390. The highest BCUT2D eigenvalue weighted by Crippen LogP contribution is 2.26. The highest BCUT2D eigenvalue weighted by atomic mass is 32.2. The molecule has 0 aliphatic rings. The first-order valence-electron chi connectivity index (χ1n) is 9.36. The van der Waals surface area contributed by atoms with E-state index >= 15 is 0 Å². The number of carbonyl (C=O) groups is 1. The highest BCUT2D eigenvalue weighted by molar-refractivity contribution is 8.00. The summed E-state index contributed by atoms with van der Waals surface area (Å²) in [4.78, 5) is 46.5. The summed E-state index contributed by atoms with van der Waals surface area (Å²) in [6, 6.07) is 10.8. The van der Waals surface area contributed by atoms with Gasteiger partial charge in [-0.15, -0.1) is 0 Å². The van der Waals surface area contributed by atoms with Gasteiger partial charge in [-0.05, 0) is 31.2 Å². The number of nitrogens with one attached hydrogen (secondary N) is 1. The Morgan fingerprint density at radius 2 is 1.84 bits per heavy atom. The van der Waals surface area contributed by atoms with Gasteiger partial charge in [0.1, 0.15) is 10.4 Å². The third kappa shape index (κ3) is 4.02. The summed E-state index contributed by atoms with van der Waals surface area (Å²) in [5, 5.41) is 3.29. The number of carbonyl (C=O) groups excluding carboxylic acids is 1. The van der Waals surface area contributed by atoms with Crippen LogP contribution in [-0.4, -0.2) is 30.8 Å². The summed E-state index contributed by atoms with van der Waals surface area (Å²) < 4.78 is 7.65. The summed E-state index contributed by atoms with van der Waals surface area (Å²) in [7, 11) is 2.92. The molecule has 3 heterocycles. The van der Waals surface area contributed by atoms with E-state index in [1.807, 2.05) is 31.2 Å². The van der Waals surface area contributed by atoms with Crippen molar-refractivity contribution in [1.82, 2.24) is 19.1 Å². The molecule has 3 aromatic heterocycles. The van der Waals surface area contributed by atoms with Gasteiger partial charge in [0.25, 0.3) is 5.56 Å². The number of rotatable bonds is 5. The number of benzene rings is 1. The number of amides is 1. The van der Waals surface area contributed by atoms with E-state index in [2.05, 4.69) is 15.3 Å². The summed E-state index contributed by atoms with van der Waals surface area (Å²) in [5.74, 6) is 0.383. The number of furan rings is 1. The van der Waals surface area contributed by atoms with E-state index in [-0.39, 0.29) is 28.5 Å². The lowest BCUT2D eigenvalue weighted by molar-refractivity contribution is -0.113. The molecule has 1 amide bonds. The van der Waals surface area contributed by atoms with E-state index in [9.17, 15) is 14.4 Å². The Kier molecular flexibility index (Phi) is 5.47. The molecule has 9 nitrogen and oxygen atoms in total. The smallest absolute Gasteiger partial charge is 0.332 e. The second kappa shape index (κ2) is 8.23. The highest BCUT2D eigenvalue weighted by Gasteiger charge is 2.19. The van der Waals surface area contributed by atoms with Crippen molar-refractivity contribution in [3.63, 3.8) is 0 Å². The van der Waals surface area contributed by atoms with Crippen molar-refractivity contribution in [2.24, 2.45) is 14.1 Å². The number of aromatic nitrogens is 4. The molecule has 4 aromatic rings. The molecule has 4 rings (SSSR count). The fourth-order valence-corrected chi connectivity index (χ4v) is 3.83. The van der Waals surface area contributed by atoms with Crippen molar-refractivity contribution in [1.29, 1.82) is 0 Å². The van der Waals surface area contributed by atoms with Gasteiger partial charge in [0.15, 0.2) is 17.2 Å². The summed E-state index contributed by atoms with van der Waals surface area (Å²) in [6.45, 7) is 1.96. The van der Waals surface area contributed by atoms with Crippen molar-refractivity contribution >= 4 is 34.4 Å². The number of nitrogens with zero attached hydrogens (tertiary/aromatic N) is 4. The fraction of sp³-hybridized carbons (Fsp3) is 0.190. The Hall–Kier alpha value is -3.66. The summed E-state index contributed by atoms with van der Waals surface area (Å²) in [6.07, 6.45) is 1.48. The van der Waals surface area contributed by atoms with Crippen molar-refractivity contribution in [3.05, 3.63) is 69.1 Å². The van der Waals surface area contributed by atoms with Gasteiger partial charge < -0.3 is 9.73 Å². The van der Waals surface area contributed by atoms with Crippen LogP contribution < -0.4 is 16.6 Å². The van der Waals surface area contributed by atoms with E-state index in [0.717, 1.165) is 21.9 Å². The van der Waals surface area contributed by atoms with Crippen molar-refractivity contribution in [2.45, 2.75) is 11.9 Å². The van der Waals surface area contributed by atoms with Crippen molar-refractivity contribution in [2.75, 3.05) is 11.1 Å². The standard InChI is InChI=1S/C21H19N5O4S/c1-12-6-8-13(9-7-12)22-15(27)11-31-19-16-18(25(2)21(29)26(3)20(16)28)23-17(24-19)14-5-4-10-30-14/h4-10H,11H2,1-3H3,(H,22,27). The number of hydrogen-bond donors (Lipinski definition) is 1. The van der Waals surface area contributed by atoms with Crippen LogP contribution in [0.4, 0.5) is 5.69 Å². The third-order valence-electron chi connectivity index (χ3n) is 4.68. The average molecular weight is 437 g/mol. The zero-order chi connectivity index (χ0) is 22.1. The molecule has 158 valence electrons. The SMILES string of the molecule is Cc1ccc(NC(=O)CSc2nc(-c3ccco3)nc3c2c(=O)n(C)c(=O)n3C)cc1. The van der Waals surface area contributed by atoms with Gasteiger partial charge in [0.05, 0.1) is 12.0 Å². The second-order valence-corrected chi connectivity index (χ2v) is 7.90. The van der Waals surface area contributed by atoms with Gasteiger partial charge in [0, 0.05) is 19.8 Å². The molecule has 0 atom stereocenters. The molecule has 0 spiro atoms. The Morgan fingerprint density at radius 1 is 1.10 bits per heavy atom. The Balaban J connectivity index is 1.73. The summed E-state index contributed by atoms with van der Waals surface area (Å²) in [5.41, 5.74) is 0.918. The van der Waals surface area contributed by atoms with Crippen molar-refractivity contribution < 1.29 is 9.21 Å². The van der Waals surface area contributed by atoms with Crippen molar-refractivity contribution in [3.8, 4) is 11.6 Å². The maximum Gasteiger partial charge on any atom is 0.332 e. The molecule has 0 aliphatic carbocycles. The molecule has 0 bridgehead atoms. The van der Waals surface area contributed by atoms with Crippen LogP contribution in [0.15, 0.2) is 61.7 Å². The van der Waals surface area contributed by atoms with Crippen LogP contribution in [-0.2, 0) is 18.9 Å². The molecule has 0 radical (unpaired) electrons. The number of anilines is 1. The van der Waals surface area contributed by atoms with Gasteiger partial charge in [-0.1, -0.05) is 29.5 Å². The first-order valence-corrected chi connectivity index (χ1v) is 10.3. The number of thioether (sulfide) groups is 1. The minimum Gasteiger partial charge on any atom is -0.461 e. The third-order valence-corrected chi connectivity index (χ3v) is 5.66. The molecule has 0 fully saturated rings. The molecule has 31 heavy (non-hydrogen) atoms. The summed E-state index contributed by atoms with van der Waals surface area (Å²) >= 11 is 1.10. The molecule has 10 heteroatoms. The zero-order valence-electron chi connectivity index (χ0n) is 17.1. The number of fused-ring (bicyclic) bond motifs is 1. The Labute approximate surface area is 180 Å². The van der Waals surface area contributed by atoms with Crippen LogP contribution in [0, 0.1) is 6.92 Å². The molecular weight excluding hydrogens is 418 g/mol. The number of aryl methyl sites for hydroxylation is 2. The van der Waals surface area contributed by atoms with Gasteiger partial charge in [-0.3, -0.25) is 18.7 Å². The fourth-order valence-electron chi connectivity index (χ4n) is 3.02. The first kappa shape index (κ1) is 20.6. The molecule has 0 unspecified atom stereocenters. The maximum atomic E-state index is 12.8. The van der Waals surface area contributed by atoms with Crippen LogP contribution in [0.5, 0.6) is 0 Å². The first-order chi connectivity index (χ1) is 14.8. The van der Waals surface area contributed by atoms with E-state index in [0.29, 0.717) is 16.5 Å². The van der Waals surface area contributed by atoms with Crippen LogP contribution >= 0.6 is 11.8 Å². The molecular formula is C21H19N5O4S. The lowest BCUT2D eigenvalue weighted by Gasteiger charge is -2.11. The van der Waals surface area contributed by atoms with Gasteiger partial charge in [-0.2, -0.15) is 0 Å². The molecule has 1 N–H and O–H groups in total. The average Bonchev–Trinajstić information content (AvgIpc) is 3.31. The second-order valence-electron chi connectivity index (χ2n) is 6.94. The van der Waals surface area contributed by atoms with Gasteiger partial charge in [-0.25, -0.2) is 14.8 Å². The predicted molar refractivity (Wildman–Crippen MR) is 118 cm³/mol. The van der Waals surface area contributed by atoms with E-state index < -0.39 is 11.2 Å². The molecule has 0 saturated heterocycles. The number of hydrogen-bond acceptors (Lipinski definition) is 7. The monoisotopic (exact) mass is 437 g/mol. The lowest BCUT2D eigenvalue weighted by atomic mass is 10.2. The minimum absolute atomic E-state index is 0.0174. The van der Waals surface area contributed by atoms with E-state index in [1.54, 1.807) is 12.1 Å². The van der Waals surface area contributed by atoms with Crippen LogP contribution in [0.2, 0.25) is 0 Å². The molecule has 1 aromatic carbocycles. The van der Waals surface area contributed by atoms with E-state index in [1.165, 1.54) is 24.9 Å². The quantitative estimate of drug-likeness (QED) is 0.377. The van der Waals surface area contributed by atoms with Gasteiger partial charge >= 0.3 is 5.69 Å². The molecule has 0 saturated carbocycles.